The van der Waals surface area contributed by atoms with E-state index in [1.165, 1.54) is 0 Å². The highest BCUT2D eigenvalue weighted by molar-refractivity contribution is 5.95. The smallest absolute Gasteiger partial charge is 0.251 e. The number of carbonyl (C=O) groups is 1. The van der Waals surface area contributed by atoms with E-state index in [4.69, 9.17) is 9.72 Å². The van der Waals surface area contributed by atoms with Gasteiger partial charge in [-0.1, -0.05) is 6.92 Å². The number of nitrogens with one attached hydrogen (secondary N) is 2. The Hall–Kier alpha value is -4.21. The van der Waals surface area contributed by atoms with Crippen LogP contribution >= 0.6 is 0 Å². The maximum absolute atomic E-state index is 13.3. The van der Waals surface area contributed by atoms with E-state index in [2.05, 4.69) is 76.0 Å². The molecule has 12 heteroatoms. The van der Waals surface area contributed by atoms with Gasteiger partial charge >= 0.3 is 0 Å². The van der Waals surface area contributed by atoms with Crippen LogP contribution in [-0.4, -0.2) is 92.7 Å². The third kappa shape index (κ3) is 6.51. The van der Waals surface area contributed by atoms with Gasteiger partial charge in [-0.05, 0) is 78.0 Å². The molecule has 12 nitrogen and oxygen atoms in total. The fourth-order valence-corrected chi connectivity index (χ4v) is 7.54. The predicted octanol–water partition coefficient (Wildman–Crippen LogP) is 5.03. The predicted molar refractivity (Wildman–Crippen MR) is 183 cm³/mol. The van der Waals surface area contributed by atoms with Crippen LogP contribution in [0.2, 0.25) is 0 Å². The van der Waals surface area contributed by atoms with Crippen LogP contribution in [0.5, 0.6) is 5.75 Å². The molecule has 1 aliphatic carbocycles. The number of amides is 1. The number of fused-ring (bicyclic) bond motifs is 3. The Bertz CT molecular complexity index is 1610. The Labute approximate surface area is 278 Å². The van der Waals surface area contributed by atoms with Gasteiger partial charge in [0.15, 0.2) is 11.5 Å². The molecule has 47 heavy (non-hydrogen) atoms. The summed E-state index contributed by atoms with van der Waals surface area (Å²) in [4.78, 5) is 34.7. The molecule has 1 amide bonds. The van der Waals surface area contributed by atoms with Gasteiger partial charge in [0, 0.05) is 55.9 Å². The van der Waals surface area contributed by atoms with Crippen molar-refractivity contribution in [1.82, 2.24) is 34.6 Å². The molecular weight excluding hydrogens is 592 g/mol. The third-order valence-electron chi connectivity index (χ3n) is 10.1. The van der Waals surface area contributed by atoms with Crippen LogP contribution in [0.25, 0.3) is 5.69 Å². The number of methoxy groups -OCH3 is 1. The highest BCUT2D eigenvalue weighted by atomic mass is 16.5. The Morgan fingerprint density at radius 1 is 1.06 bits per heavy atom. The second-order valence-electron chi connectivity index (χ2n) is 13.5. The SMILES string of the molecule is CC[C@@H]1c2c(C#N)ncn2-c2cnc(Nc3ccc(C(=O)NC4CCC(N5CCN(C(C)C)CC5)CC4)cc3OC)nc2N1C(C)C. The van der Waals surface area contributed by atoms with Crippen molar-refractivity contribution in [2.45, 2.75) is 96.9 Å². The Balaban J connectivity index is 1.12. The summed E-state index contributed by atoms with van der Waals surface area (Å²) in [6, 6.07) is 9.15. The van der Waals surface area contributed by atoms with E-state index in [0.29, 0.717) is 40.7 Å². The molecule has 4 heterocycles. The van der Waals surface area contributed by atoms with E-state index in [9.17, 15) is 10.1 Å². The van der Waals surface area contributed by atoms with Crippen molar-refractivity contribution < 1.29 is 9.53 Å². The molecule has 2 aromatic heterocycles. The molecule has 6 rings (SSSR count). The topological polar surface area (TPSA) is 127 Å². The maximum Gasteiger partial charge on any atom is 0.251 e. The number of ether oxygens (including phenoxy) is 1. The molecule has 1 saturated carbocycles. The van der Waals surface area contributed by atoms with E-state index >= 15 is 0 Å². The first-order valence-electron chi connectivity index (χ1n) is 17.1. The molecule has 2 fully saturated rings. The lowest BCUT2D eigenvalue weighted by atomic mass is 9.89. The van der Waals surface area contributed by atoms with Crippen LogP contribution in [0.1, 0.15) is 94.5 Å². The van der Waals surface area contributed by atoms with Gasteiger partial charge in [0.05, 0.1) is 30.7 Å². The summed E-state index contributed by atoms with van der Waals surface area (Å²) >= 11 is 0. The lowest BCUT2D eigenvalue weighted by Crippen LogP contribution is -2.53. The summed E-state index contributed by atoms with van der Waals surface area (Å²) in [6.07, 6.45) is 8.46. The van der Waals surface area contributed by atoms with Gasteiger partial charge in [0.1, 0.15) is 23.8 Å². The van der Waals surface area contributed by atoms with E-state index in [1.54, 1.807) is 25.7 Å². The second-order valence-corrected chi connectivity index (χ2v) is 13.5. The summed E-state index contributed by atoms with van der Waals surface area (Å²) in [5, 5.41) is 16.3. The molecular formula is C35H48N10O2. The number of nitrogens with zero attached hydrogens (tertiary/aromatic N) is 8. The van der Waals surface area contributed by atoms with Gasteiger partial charge in [0.25, 0.3) is 5.91 Å². The van der Waals surface area contributed by atoms with Crippen molar-refractivity contribution in [1.29, 1.82) is 5.26 Å². The first-order chi connectivity index (χ1) is 22.7. The summed E-state index contributed by atoms with van der Waals surface area (Å²) < 4.78 is 7.64. The van der Waals surface area contributed by atoms with Crippen LogP contribution in [0.15, 0.2) is 30.7 Å². The zero-order valence-corrected chi connectivity index (χ0v) is 28.5. The van der Waals surface area contributed by atoms with E-state index < -0.39 is 0 Å². The average Bonchev–Trinajstić information content (AvgIpc) is 3.52. The molecule has 2 N–H and O–H groups in total. The van der Waals surface area contributed by atoms with Crippen LogP contribution < -0.4 is 20.3 Å². The monoisotopic (exact) mass is 640 g/mol. The number of piperazine rings is 1. The summed E-state index contributed by atoms with van der Waals surface area (Å²) in [5.74, 6) is 1.62. The molecule has 3 aromatic rings. The Morgan fingerprint density at radius 2 is 1.81 bits per heavy atom. The van der Waals surface area contributed by atoms with Crippen molar-refractivity contribution >= 4 is 23.4 Å². The van der Waals surface area contributed by atoms with Crippen LogP contribution in [0.4, 0.5) is 17.5 Å². The zero-order valence-electron chi connectivity index (χ0n) is 28.5. The first-order valence-corrected chi connectivity index (χ1v) is 17.1. The zero-order chi connectivity index (χ0) is 33.2. The number of nitriles is 1. The Morgan fingerprint density at radius 3 is 2.45 bits per heavy atom. The van der Waals surface area contributed by atoms with Gasteiger partial charge in [0.2, 0.25) is 5.95 Å². The summed E-state index contributed by atoms with van der Waals surface area (Å²) in [7, 11) is 1.60. The molecule has 3 aliphatic rings. The van der Waals surface area contributed by atoms with Gasteiger partial charge in [-0.15, -0.1) is 0 Å². The highest BCUT2D eigenvalue weighted by Crippen LogP contribution is 2.42. The fourth-order valence-electron chi connectivity index (χ4n) is 7.54. The molecule has 0 radical (unpaired) electrons. The van der Waals surface area contributed by atoms with Crippen molar-refractivity contribution in [2.75, 3.05) is 43.5 Å². The number of imidazole rings is 1. The number of benzene rings is 1. The van der Waals surface area contributed by atoms with Crippen molar-refractivity contribution in [3.8, 4) is 17.5 Å². The molecule has 0 bridgehead atoms. The lowest BCUT2D eigenvalue weighted by Gasteiger charge is -2.43. The normalized spacial score (nSPS) is 21.7. The molecule has 250 valence electrons. The number of carbonyl (C=O) groups excluding carboxylic acids is 1. The number of aromatic nitrogens is 4. The molecule has 1 atom stereocenters. The highest BCUT2D eigenvalue weighted by Gasteiger charge is 2.36. The standard InChI is InChI=1S/C35H48N10O2/c1-7-29-32-28(19-36)38-21-44(32)30-20-37-35(41-33(30)45(29)23(4)5)40-27-13-8-24(18-31(27)47-6)34(46)39-25-9-11-26(12-10-25)43-16-14-42(15-17-43)22(2)3/h8,13,18,20-23,25-26,29H,7,9-12,14-17H2,1-6H3,(H,39,46)(H,37,40,41)/t25?,26?,29-/m1/s1. The third-order valence-corrected chi connectivity index (χ3v) is 10.1. The average molecular weight is 641 g/mol. The van der Waals surface area contributed by atoms with Crippen molar-refractivity contribution in [3.05, 3.63) is 47.7 Å². The number of hydrogen-bond acceptors (Lipinski definition) is 10. The molecule has 0 spiro atoms. The number of rotatable bonds is 9. The quantitative estimate of drug-likeness (QED) is 0.329. The lowest BCUT2D eigenvalue weighted by molar-refractivity contribution is 0.0592. The minimum Gasteiger partial charge on any atom is -0.495 e. The van der Waals surface area contributed by atoms with Crippen molar-refractivity contribution in [2.24, 2.45) is 0 Å². The van der Waals surface area contributed by atoms with Gasteiger partial charge in [-0.2, -0.15) is 10.2 Å². The van der Waals surface area contributed by atoms with Crippen LogP contribution in [0.3, 0.4) is 0 Å². The maximum atomic E-state index is 13.3. The van der Waals surface area contributed by atoms with E-state index in [0.717, 1.165) is 75.5 Å². The molecule has 0 unspecified atom stereocenters. The summed E-state index contributed by atoms with van der Waals surface area (Å²) in [6.45, 7) is 15.5. The van der Waals surface area contributed by atoms with Gasteiger partial charge in [-0.3, -0.25) is 19.2 Å². The van der Waals surface area contributed by atoms with Gasteiger partial charge < -0.3 is 20.3 Å². The van der Waals surface area contributed by atoms with Crippen LogP contribution in [-0.2, 0) is 0 Å². The largest absolute Gasteiger partial charge is 0.495 e. The van der Waals surface area contributed by atoms with Crippen molar-refractivity contribution in [3.63, 3.8) is 0 Å². The Kier molecular flexibility index (Phi) is 9.66. The second kappa shape index (κ2) is 13.9. The number of anilines is 3. The minimum absolute atomic E-state index is 0.0507. The van der Waals surface area contributed by atoms with Gasteiger partial charge in [-0.25, -0.2) is 9.97 Å². The first kappa shape index (κ1) is 32.7. The van der Waals surface area contributed by atoms with Crippen LogP contribution in [0, 0.1) is 11.3 Å². The summed E-state index contributed by atoms with van der Waals surface area (Å²) in [5.41, 5.74) is 3.29. The minimum atomic E-state index is -0.0834. The van der Waals surface area contributed by atoms with E-state index in [1.807, 2.05) is 16.7 Å². The van der Waals surface area contributed by atoms with E-state index in [-0.39, 0.29) is 24.0 Å². The number of hydrogen-bond donors (Lipinski definition) is 2. The molecule has 1 saturated heterocycles. The molecule has 2 aliphatic heterocycles. The fraction of sp³-hybridized carbons (Fsp3) is 0.571. The molecule has 1 aromatic carbocycles.